The van der Waals surface area contributed by atoms with Crippen LogP contribution in [0.3, 0.4) is 0 Å². The SMILES string of the molecule is CC(C)NCCN(C)CCc1ccc(Br)s1. The van der Waals surface area contributed by atoms with Gasteiger partial charge in [0.2, 0.25) is 0 Å². The van der Waals surface area contributed by atoms with E-state index in [0.717, 1.165) is 26.1 Å². The largest absolute Gasteiger partial charge is 0.313 e. The Morgan fingerprint density at radius 2 is 2.12 bits per heavy atom. The van der Waals surface area contributed by atoms with Crippen molar-refractivity contribution >= 4 is 27.3 Å². The summed E-state index contributed by atoms with van der Waals surface area (Å²) in [5.74, 6) is 0. The molecule has 0 fully saturated rings. The van der Waals surface area contributed by atoms with Gasteiger partial charge in [0.05, 0.1) is 3.79 Å². The number of thiophene rings is 1. The topological polar surface area (TPSA) is 15.3 Å². The molecule has 1 heterocycles. The molecule has 0 spiro atoms. The van der Waals surface area contributed by atoms with Crippen molar-refractivity contribution in [2.45, 2.75) is 26.3 Å². The minimum absolute atomic E-state index is 0.585. The molecule has 1 aromatic rings. The summed E-state index contributed by atoms with van der Waals surface area (Å²) in [5, 5.41) is 3.43. The van der Waals surface area contributed by atoms with Gasteiger partial charge in [0, 0.05) is 30.6 Å². The van der Waals surface area contributed by atoms with Gasteiger partial charge in [-0.1, -0.05) is 13.8 Å². The summed E-state index contributed by atoms with van der Waals surface area (Å²) < 4.78 is 1.23. The molecule has 0 saturated carbocycles. The molecule has 2 nitrogen and oxygen atoms in total. The van der Waals surface area contributed by atoms with E-state index in [1.165, 1.54) is 8.66 Å². The lowest BCUT2D eigenvalue weighted by Crippen LogP contribution is -2.33. The molecule has 0 radical (unpaired) electrons. The molecule has 1 aromatic heterocycles. The average molecular weight is 305 g/mol. The Morgan fingerprint density at radius 3 is 2.69 bits per heavy atom. The Balaban J connectivity index is 2.12. The fourth-order valence-corrected chi connectivity index (χ4v) is 2.91. The van der Waals surface area contributed by atoms with E-state index in [1.807, 2.05) is 11.3 Å². The number of likely N-dealkylation sites (N-methyl/N-ethyl adjacent to an activating group) is 1. The van der Waals surface area contributed by atoms with Crippen LogP contribution in [0.1, 0.15) is 18.7 Å². The number of nitrogens with zero attached hydrogens (tertiary/aromatic N) is 1. The van der Waals surface area contributed by atoms with E-state index in [9.17, 15) is 0 Å². The van der Waals surface area contributed by atoms with Crippen molar-refractivity contribution in [1.82, 2.24) is 10.2 Å². The lowest BCUT2D eigenvalue weighted by atomic mass is 10.3. The van der Waals surface area contributed by atoms with Crippen LogP contribution in [0.2, 0.25) is 0 Å². The second-order valence-electron chi connectivity index (χ2n) is 4.37. The van der Waals surface area contributed by atoms with Crippen LogP contribution in [-0.4, -0.2) is 37.6 Å². The standard InChI is InChI=1S/C12H21BrN2S/c1-10(2)14-7-9-15(3)8-6-11-4-5-12(13)16-11/h4-5,10,14H,6-9H2,1-3H3. The van der Waals surface area contributed by atoms with Crippen LogP contribution in [0.15, 0.2) is 15.9 Å². The van der Waals surface area contributed by atoms with Gasteiger partial charge in [-0.15, -0.1) is 11.3 Å². The smallest absolute Gasteiger partial charge is 0.0701 e. The summed E-state index contributed by atoms with van der Waals surface area (Å²) in [7, 11) is 2.19. The van der Waals surface area contributed by atoms with E-state index in [2.05, 4.69) is 59.2 Å². The normalized spacial score (nSPS) is 11.6. The number of rotatable bonds is 7. The van der Waals surface area contributed by atoms with E-state index in [1.54, 1.807) is 0 Å². The molecular formula is C12H21BrN2S. The van der Waals surface area contributed by atoms with E-state index < -0.39 is 0 Å². The molecule has 92 valence electrons. The minimum atomic E-state index is 0.585. The van der Waals surface area contributed by atoms with Gasteiger partial charge >= 0.3 is 0 Å². The van der Waals surface area contributed by atoms with Crippen LogP contribution >= 0.6 is 27.3 Å². The van der Waals surface area contributed by atoms with Crippen molar-refractivity contribution in [3.8, 4) is 0 Å². The van der Waals surface area contributed by atoms with Gasteiger partial charge < -0.3 is 10.2 Å². The van der Waals surface area contributed by atoms with Gasteiger partial charge in [0.1, 0.15) is 0 Å². The monoisotopic (exact) mass is 304 g/mol. The molecule has 0 aliphatic carbocycles. The molecule has 0 bridgehead atoms. The summed E-state index contributed by atoms with van der Waals surface area (Å²) >= 11 is 5.32. The molecule has 0 saturated heterocycles. The summed E-state index contributed by atoms with van der Waals surface area (Å²) in [6, 6.07) is 4.91. The molecule has 0 amide bonds. The number of halogens is 1. The van der Waals surface area contributed by atoms with Gasteiger partial charge in [-0.25, -0.2) is 0 Å². The zero-order valence-electron chi connectivity index (χ0n) is 10.3. The lowest BCUT2D eigenvalue weighted by Gasteiger charge is -2.17. The van der Waals surface area contributed by atoms with Crippen LogP contribution < -0.4 is 5.32 Å². The molecule has 1 N–H and O–H groups in total. The highest BCUT2D eigenvalue weighted by atomic mass is 79.9. The van der Waals surface area contributed by atoms with Gasteiger partial charge in [0.15, 0.2) is 0 Å². The minimum Gasteiger partial charge on any atom is -0.313 e. The van der Waals surface area contributed by atoms with Crippen molar-refractivity contribution in [3.63, 3.8) is 0 Å². The Bertz CT molecular complexity index is 299. The van der Waals surface area contributed by atoms with Gasteiger partial charge in [-0.2, -0.15) is 0 Å². The molecular weight excluding hydrogens is 284 g/mol. The zero-order valence-corrected chi connectivity index (χ0v) is 12.7. The molecule has 0 aliphatic heterocycles. The Hall–Kier alpha value is 0.1000. The number of hydrogen-bond acceptors (Lipinski definition) is 3. The number of nitrogens with one attached hydrogen (secondary N) is 1. The van der Waals surface area contributed by atoms with Crippen molar-refractivity contribution in [2.75, 3.05) is 26.7 Å². The first-order valence-electron chi connectivity index (χ1n) is 5.74. The highest BCUT2D eigenvalue weighted by Crippen LogP contribution is 2.22. The van der Waals surface area contributed by atoms with Gasteiger partial charge in [-0.3, -0.25) is 0 Å². The molecule has 16 heavy (non-hydrogen) atoms. The third-order valence-corrected chi connectivity index (χ3v) is 4.10. The maximum Gasteiger partial charge on any atom is 0.0701 e. The van der Waals surface area contributed by atoms with Crippen LogP contribution in [-0.2, 0) is 6.42 Å². The van der Waals surface area contributed by atoms with Crippen molar-refractivity contribution < 1.29 is 0 Å². The quantitative estimate of drug-likeness (QED) is 0.833. The highest BCUT2D eigenvalue weighted by molar-refractivity contribution is 9.11. The van der Waals surface area contributed by atoms with Crippen molar-refractivity contribution in [2.24, 2.45) is 0 Å². The zero-order chi connectivity index (χ0) is 12.0. The number of hydrogen-bond donors (Lipinski definition) is 1. The van der Waals surface area contributed by atoms with E-state index in [4.69, 9.17) is 0 Å². The summed E-state index contributed by atoms with van der Waals surface area (Å²) in [6.45, 7) is 7.69. The molecule has 0 atom stereocenters. The third-order valence-electron chi connectivity index (χ3n) is 2.41. The van der Waals surface area contributed by atoms with E-state index in [0.29, 0.717) is 6.04 Å². The second-order valence-corrected chi connectivity index (χ2v) is 6.92. The van der Waals surface area contributed by atoms with Crippen molar-refractivity contribution in [3.05, 3.63) is 20.8 Å². The molecule has 4 heteroatoms. The first-order valence-corrected chi connectivity index (χ1v) is 7.35. The van der Waals surface area contributed by atoms with E-state index >= 15 is 0 Å². The first-order chi connectivity index (χ1) is 7.58. The lowest BCUT2D eigenvalue weighted by molar-refractivity contribution is 0.331. The van der Waals surface area contributed by atoms with Gasteiger partial charge in [-0.05, 0) is 41.5 Å². The van der Waals surface area contributed by atoms with Crippen LogP contribution in [0.5, 0.6) is 0 Å². The van der Waals surface area contributed by atoms with Gasteiger partial charge in [0.25, 0.3) is 0 Å². The predicted molar refractivity (Wildman–Crippen MR) is 76.4 cm³/mol. The molecule has 0 aliphatic rings. The fourth-order valence-electron chi connectivity index (χ4n) is 1.44. The highest BCUT2D eigenvalue weighted by Gasteiger charge is 2.02. The fraction of sp³-hybridized carbons (Fsp3) is 0.667. The average Bonchev–Trinajstić information content (AvgIpc) is 2.61. The maximum atomic E-state index is 3.49. The van der Waals surface area contributed by atoms with Crippen LogP contribution in [0, 0.1) is 0 Å². The summed E-state index contributed by atoms with van der Waals surface area (Å²) in [5.41, 5.74) is 0. The first kappa shape index (κ1) is 14.2. The Labute approximate surface area is 111 Å². The molecule has 0 aromatic carbocycles. The Kier molecular flexibility index (Phi) is 6.58. The summed E-state index contributed by atoms with van der Waals surface area (Å²) in [6.07, 6.45) is 1.15. The van der Waals surface area contributed by atoms with E-state index in [-0.39, 0.29) is 0 Å². The third kappa shape index (κ3) is 5.99. The maximum absolute atomic E-state index is 3.49. The predicted octanol–water partition coefficient (Wildman–Crippen LogP) is 2.98. The molecule has 0 unspecified atom stereocenters. The summed E-state index contributed by atoms with van der Waals surface area (Å²) in [4.78, 5) is 3.83. The van der Waals surface area contributed by atoms with Crippen molar-refractivity contribution in [1.29, 1.82) is 0 Å². The molecule has 1 rings (SSSR count). The van der Waals surface area contributed by atoms with Crippen LogP contribution in [0.4, 0.5) is 0 Å². The second kappa shape index (κ2) is 7.43. The van der Waals surface area contributed by atoms with Crippen LogP contribution in [0.25, 0.3) is 0 Å². The Morgan fingerprint density at radius 1 is 1.38 bits per heavy atom.